The monoisotopic (exact) mass is 266 g/mol. The average Bonchev–Trinajstić information content (AvgIpc) is 2.37. The van der Waals surface area contributed by atoms with E-state index in [1.807, 2.05) is 18.2 Å². The molecule has 0 bridgehead atoms. The van der Waals surface area contributed by atoms with E-state index in [-0.39, 0.29) is 12.6 Å². The van der Waals surface area contributed by atoms with E-state index in [9.17, 15) is 0 Å². The Balaban J connectivity index is 2.56. The second-order valence-corrected chi connectivity index (χ2v) is 5.02. The van der Waals surface area contributed by atoms with Gasteiger partial charge in [0.05, 0.1) is 6.04 Å². The summed E-state index contributed by atoms with van der Waals surface area (Å²) in [5.41, 5.74) is 1.24. The maximum Gasteiger partial charge on any atom is 0.166 e. The first-order valence-corrected chi connectivity index (χ1v) is 6.76. The van der Waals surface area contributed by atoms with Crippen LogP contribution in [0.5, 0.6) is 0 Å². The van der Waals surface area contributed by atoms with Crippen molar-refractivity contribution >= 4 is 17.3 Å². The van der Waals surface area contributed by atoms with Crippen molar-refractivity contribution in [2.24, 2.45) is 5.92 Å². The van der Waals surface area contributed by atoms with Gasteiger partial charge in [-0.1, -0.05) is 44.2 Å². The Morgan fingerprint density at radius 1 is 1.28 bits per heavy atom. The quantitative estimate of drug-likeness (QED) is 0.546. The Hall–Kier alpha value is -1.13. The molecular weight excluding hydrogens is 244 g/mol. The van der Waals surface area contributed by atoms with Crippen molar-refractivity contribution in [2.75, 3.05) is 13.2 Å². The van der Waals surface area contributed by atoms with Crippen LogP contribution in [0.15, 0.2) is 30.3 Å². The van der Waals surface area contributed by atoms with Crippen LogP contribution in [0, 0.1) is 5.92 Å². The fourth-order valence-corrected chi connectivity index (χ4v) is 2.00. The van der Waals surface area contributed by atoms with E-state index in [2.05, 4.69) is 36.6 Å². The summed E-state index contributed by atoms with van der Waals surface area (Å²) in [5, 5.41) is 15.8. The summed E-state index contributed by atoms with van der Waals surface area (Å²) >= 11 is 5.26. The van der Waals surface area contributed by atoms with Gasteiger partial charge in [0, 0.05) is 13.2 Å². The topological polar surface area (TPSA) is 44.3 Å². The summed E-state index contributed by atoms with van der Waals surface area (Å²) in [5.74, 6) is 0.449. The third-order valence-corrected chi connectivity index (χ3v) is 2.99. The molecule has 1 aromatic carbocycles. The van der Waals surface area contributed by atoms with Gasteiger partial charge in [0.1, 0.15) is 0 Å². The molecule has 0 aliphatic heterocycles. The van der Waals surface area contributed by atoms with Gasteiger partial charge in [-0.15, -0.1) is 0 Å². The van der Waals surface area contributed by atoms with Crippen molar-refractivity contribution < 1.29 is 5.11 Å². The van der Waals surface area contributed by atoms with Gasteiger partial charge in [-0.3, -0.25) is 0 Å². The number of hydrogen-bond acceptors (Lipinski definition) is 2. The van der Waals surface area contributed by atoms with E-state index in [1.54, 1.807) is 0 Å². The lowest BCUT2D eigenvalue weighted by molar-refractivity contribution is 0.289. The molecule has 0 heterocycles. The van der Waals surface area contributed by atoms with Crippen LogP contribution < -0.4 is 10.6 Å². The standard InChI is InChI=1S/C14H22N2OS/c1-11(2)13(12-7-4-3-5-8-12)16-14(18)15-9-6-10-17/h3-5,7-8,11,13,17H,6,9-10H2,1-2H3,(H2,15,16,18). The molecule has 0 spiro atoms. The highest BCUT2D eigenvalue weighted by atomic mass is 32.1. The van der Waals surface area contributed by atoms with Crippen molar-refractivity contribution in [1.29, 1.82) is 0 Å². The first kappa shape index (κ1) is 14.9. The summed E-state index contributed by atoms with van der Waals surface area (Å²) in [7, 11) is 0. The van der Waals surface area contributed by atoms with Gasteiger partial charge < -0.3 is 15.7 Å². The van der Waals surface area contributed by atoms with Gasteiger partial charge in [-0.2, -0.15) is 0 Å². The van der Waals surface area contributed by atoms with Crippen LogP contribution in [0.25, 0.3) is 0 Å². The Bertz CT molecular complexity index is 354. The molecule has 0 fully saturated rings. The summed E-state index contributed by atoms with van der Waals surface area (Å²) in [6, 6.07) is 10.5. The van der Waals surface area contributed by atoms with Crippen molar-refractivity contribution in [3.05, 3.63) is 35.9 Å². The molecule has 0 aliphatic carbocycles. The van der Waals surface area contributed by atoms with Crippen molar-refractivity contribution in [3.8, 4) is 0 Å². The normalized spacial score (nSPS) is 12.2. The fourth-order valence-electron chi connectivity index (χ4n) is 1.77. The molecule has 0 radical (unpaired) electrons. The minimum atomic E-state index is 0.182. The van der Waals surface area contributed by atoms with Crippen LogP contribution in [-0.2, 0) is 0 Å². The van der Waals surface area contributed by atoms with Crippen LogP contribution in [-0.4, -0.2) is 23.4 Å². The minimum absolute atomic E-state index is 0.182. The van der Waals surface area contributed by atoms with E-state index in [1.165, 1.54) is 5.56 Å². The van der Waals surface area contributed by atoms with Crippen LogP contribution in [0.2, 0.25) is 0 Å². The van der Waals surface area contributed by atoms with E-state index in [0.717, 1.165) is 0 Å². The third-order valence-electron chi connectivity index (χ3n) is 2.73. The number of thiocarbonyl (C=S) groups is 1. The number of benzene rings is 1. The second-order valence-electron chi connectivity index (χ2n) is 4.61. The number of aliphatic hydroxyl groups excluding tert-OH is 1. The summed E-state index contributed by atoms with van der Waals surface area (Å²) < 4.78 is 0. The third kappa shape index (κ3) is 5.02. The first-order chi connectivity index (χ1) is 8.65. The van der Waals surface area contributed by atoms with E-state index < -0.39 is 0 Å². The van der Waals surface area contributed by atoms with Crippen molar-refractivity contribution in [1.82, 2.24) is 10.6 Å². The largest absolute Gasteiger partial charge is 0.396 e. The molecule has 0 aliphatic rings. The maximum atomic E-state index is 8.72. The molecule has 0 aromatic heterocycles. The Morgan fingerprint density at radius 3 is 2.50 bits per heavy atom. The highest BCUT2D eigenvalue weighted by molar-refractivity contribution is 7.80. The number of nitrogens with one attached hydrogen (secondary N) is 2. The zero-order valence-electron chi connectivity index (χ0n) is 11.0. The van der Waals surface area contributed by atoms with Crippen LogP contribution in [0.3, 0.4) is 0 Å². The van der Waals surface area contributed by atoms with E-state index >= 15 is 0 Å². The predicted octanol–water partition coefficient (Wildman–Crippen LogP) is 2.23. The molecule has 0 amide bonds. The molecule has 1 rings (SSSR count). The van der Waals surface area contributed by atoms with Crippen LogP contribution >= 0.6 is 12.2 Å². The minimum Gasteiger partial charge on any atom is -0.396 e. The fraction of sp³-hybridized carbons (Fsp3) is 0.500. The molecule has 1 atom stereocenters. The van der Waals surface area contributed by atoms with Gasteiger partial charge >= 0.3 is 0 Å². The molecule has 1 aromatic rings. The summed E-state index contributed by atoms with van der Waals surface area (Å²) in [6.07, 6.45) is 0.708. The lowest BCUT2D eigenvalue weighted by atomic mass is 9.96. The summed E-state index contributed by atoms with van der Waals surface area (Å²) in [4.78, 5) is 0. The van der Waals surface area contributed by atoms with Crippen molar-refractivity contribution in [3.63, 3.8) is 0 Å². The smallest absolute Gasteiger partial charge is 0.166 e. The highest BCUT2D eigenvalue weighted by Crippen LogP contribution is 2.20. The van der Waals surface area contributed by atoms with Crippen molar-refractivity contribution in [2.45, 2.75) is 26.3 Å². The van der Waals surface area contributed by atoms with Gasteiger partial charge in [-0.25, -0.2) is 0 Å². The lowest BCUT2D eigenvalue weighted by Crippen LogP contribution is -2.40. The Morgan fingerprint density at radius 2 is 1.94 bits per heavy atom. The lowest BCUT2D eigenvalue weighted by Gasteiger charge is -2.24. The molecule has 100 valence electrons. The first-order valence-electron chi connectivity index (χ1n) is 6.35. The second kappa shape index (κ2) is 8.06. The number of aliphatic hydroxyl groups is 1. The molecule has 0 saturated heterocycles. The molecule has 0 saturated carbocycles. The number of rotatable bonds is 6. The van der Waals surface area contributed by atoms with Gasteiger partial charge in [-0.05, 0) is 30.1 Å². The highest BCUT2D eigenvalue weighted by Gasteiger charge is 2.15. The predicted molar refractivity (Wildman–Crippen MR) is 79.5 cm³/mol. The molecule has 18 heavy (non-hydrogen) atoms. The molecule has 3 nitrogen and oxygen atoms in total. The molecule has 1 unspecified atom stereocenters. The SMILES string of the molecule is CC(C)C(NC(=S)NCCCO)c1ccccc1. The Labute approximate surface area is 115 Å². The van der Waals surface area contributed by atoms with Crippen LogP contribution in [0.4, 0.5) is 0 Å². The zero-order chi connectivity index (χ0) is 13.4. The zero-order valence-corrected chi connectivity index (χ0v) is 11.8. The van der Waals surface area contributed by atoms with E-state index in [4.69, 9.17) is 17.3 Å². The summed E-state index contributed by atoms with van der Waals surface area (Å²) in [6.45, 7) is 5.21. The number of hydrogen-bond donors (Lipinski definition) is 3. The Kier molecular flexibility index (Phi) is 6.68. The van der Waals surface area contributed by atoms with Gasteiger partial charge in [0.2, 0.25) is 0 Å². The molecular formula is C14H22N2OS. The van der Waals surface area contributed by atoms with Gasteiger partial charge in [0.25, 0.3) is 0 Å². The van der Waals surface area contributed by atoms with Crippen LogP contribution in [0.1, 0.15) is 31.9 Å². The molecule has 4 heteroatoms. The van der Waals surface area contributed by atoms with E-state index in [0.29, 0.717) is 24.0 Å². The average molecular weight is 266 g/mol. The maximum absolute atomic E-state index is 8.72. The molecule has 3 N–H and O–H groups in total. The van der Waals surface area contributed by atoms with Gasteiger partial charge in [0.15, 0.2) is 5.11 Å².